The summed E-state index contributed by atoms with van der Waals surface area (Å²) in [4.78, 5) is 41.0. The first-order chi connectivity index (χ1) is 14.4. The van der Waals surface area contributed by atoms with Gasteiger partial charge in [-0.15, -0.1) is 11.3 Å². The van der Waals surface area contributed by atoms with Gasteiger partial charge in [-0.25, -0.2) is 9.36 Å². The van der Waals surface area contributed by atoms with Crippen molar-refractivity contribution in [3.8, 4) is 5.69 Å². The predicted molar refractivity (Wildman–Crippen MR) is 121 cm³/mol. The summed E-state index contributed by atoms with van der Waals surface area (Å²) in [6.07, 6.45) is 0. The maximum atomic E-state index is 13.4. The molecule has 0 bridgehead atoms. The van der Waals surface area contributed by atoms with Gasteiger partial charge in [-0.05, 0) is 54.6 Å². The molecule has 4 aromatic rings. The second-order valence-electron chi connectivity index (χ2n) is 7.22. The van der Waals surface area contributed by atoms with E-state index < -0.39 is 5.69 Å². The number of carbonyl (C=O) groups is 1. The van der Waals surface area contributed by atoms with Crippen LogP contribution in [0.15, 0.2) is 69.6 Å². The summed E-state index contributed by atoms with van der Waals surface area (Å²) >= 11 is 1.27. The van der Waals surface area contributed by atoms with Gasteiger partial charge in [0.05, 0.1) is 11.2 Å². The number of aryl methyl sites for hydroxylation is 2. The van der Waals surface area contributed by atoms with Crippen molar-refractivity contribution in [3.63, 3.8) is 0 Å². The van der Waals surface area contributed by atoms with Crippen LogP contribution in [-0.4, -0.2) is 22.1 Å². The Kier molecular flexibility index (Phi) is 5.13. The van der Waals surface area contributed by atoms with Crippen LogP contribution in [-0.2, 0) is 11.3 Å². The number of benzene rings is 2. The van der Waals surface area contributed by atoms with Gasteiger partial charge in [0, 0.05) is 12.7 Å². The Morgan fingerprint density at radius 2 is 1.77 bits per heavy atom. The van der Waals surface area contributed by atoms with Crippen LogP contribution in [0.4, 0.5) is 5.69 Å². The molecule has 0 radical (unpaired) electrons. The monoisotopic (exact) mass is 419 g/mol. The minimum absolute atomic E-state index is 0.164. The van der Waals surface area contributed by atoms with E-state index in [0.717, 1.165) is 16.8 Å². The largest absolute Gasteiger partial charge is 0.336 e. The van der Waals surface area contributed by atoms with Crippen molar-refractivity contribution in [2.45, 2.75) is 20.4 Å². The van der Waals surface area contributed by atoms with Crippen LogP contribution < -0.4 is 16.1 Å². The Labute approximate surface area is 177 Å². The summed E-state index contributed by atoms with van der Waals surface area (Å²) in [6.45, 7) is 3.61. The van der Waals surface area contributed by atoms with Gasteiger partial charge in [0.2, 0.25) is 5.91 Å². The molecule has 152 valence electrons. The summed E-state index contributed by atoms with van der Waals surface area (Å²) in [6, 6.07) is 16.6. The van der Waals surface area contributed by atoms with Gasteiger partial charge in [0.1, 0.15) is 11.2 Å². The van der Waals surface area contributed by atoms with Crippen LogP contribution in [0.25, 0.3) is 15.9 Å². The van der Waals surface area contributed by atoms with Crippen LogP contribution in [0.3, 0.4) is 0 Å². The van der Waals surface area contributed by atoms with Crippen LogP contribution >= 0.6 is 11.3 Å². The molecule has 0 atom stereocenters. The second-order valence-corrected chi connectivity index (χ2v) is 8.14. The number of nitrogens with zero attached hydrogens (tertiary/aromatic N) is 3. The van der Waals surface area contributed by atoms with Crippen LogP contribution in [0.2, 0.25) is 0 Å². The maximum Gasteiger partial charge on any atom is 0.336 e. The van der Waals surface area contributed by atoms with Gasteiger partial charge in [0.25, 0.3) is 5.56 Å². The van der Waals surface area contributed by atoms with Crippen LogP contribution in [0.1, 0.15) is 11.1 Å². The van der Waals surface area contributed by atoms with E-state index in [0.29, 0.717) is 15.9 Å². The van der Waals surface area contributed by atoms with Crippen molar-refractivity contribution in [2.24, 2.45) is 0 Å². The Hall–Kier alpha value is -3.45. The van der Waals surface area contributed by atoms with E-state index in [1.54, 1.807) is 18.5 Å². The number of anilines is 1. The van der Waals surface area contributed by atoms with Crippen molar-refractivity contribution in [3.05, 3.63) is 91.9 Å². The van der Waals surface area contributed by atoms with E-state index in [2.05, 4.69) is 0 Å². The lowest BCUT2D eigenvalue weighted by Gasteiger charge is -2.19. The van der Waals surface area contributed by atoms with Crippen LogP contribution in [0.5, 0.6) is 0 Å². The average molecular weight is 420 g/mol. The Balaban J connectivity index is 1.88. The first kappa shape index (κ1) is 19.8. The zero-order chi connectivity index (χ0) is 21.4. The lowest BCUT2D eigenvalue weighted by Crippen LogP contribution is -2.42. The van der Waals surface area contributed by atoms with Gasteiger partial charge in [-0.3, -0.25) is 14.2 Å². The molecule has 30 heavy (non-hydrogen) atoms. The molecule has 0 spiro atoms. The standard InChI is InChI=1S/C23H21N3O3S/c1-15-9-10-16(2)19(13-15)26-22(28)21-18(11-12-30-21)25(23(26)29)14-20(27)24(3)17-7-5-4-6-8-17/h4-13H,14H2,1-3H3. The number of para-hydroxylation sites is 1. The molecule has 0 saturated carbocycles. The van der Waals surface area contributed by atoms with E-state index in [4.69, 9.17) is 0 Å². The molecule has 0 aliphatic carbocycles. The molecule has 6 nitrogen and oxygen atoms in total. The van der Waals surface area contributed by atoms with Crippen molar-refractivity contribution in [1.29, 1.82) is 0 Å². The molecule has 0 unspecified atom stereocenters. The van der Waals surface area contributed by atoms with Crippen molar-refractivity contribution in [2.75, 3.05) is 11.9 Å². The van der Waals surface area contributed by atoms with Gasteiger partial charge in [-0.1, -0.05) is 30.3 Å². The summed E-state index contributed by atoms with van der Waals surface area (Å²) in [7, 11) is 1.67. The first-order valence-electron chi connectivity index (χ1n) is 9.51. The highest BCUT2D eigenvalue weighted by atomic mass is 32.1. The number of amides is 1. The highest BCUT2D eigenvalue weighted by Gasteiger charge is 2.20. The number of hydrogen-bond acceptors (Lipinski definition) is 4. The van der Waals surface area contributed by atoms with E-state index >= 15 is 0 Å². The number of likely N-dealkylation sites (N-methyl/N-ethyl adjacent to an activating group) is 1. The molecule has 0 aliphatic heterocycles. The Morgan fingerprint density at radius 3 is 2.50 bits per heavy atom. The third-order valence-corrected chi connectivity index (χ3v) is 6.06. The smallest absolute Gasteiger partial charge is 0.314 e. The highest BCUT2D eigenvalue weighted by molar-refractivity contribution is 7.17. The fourth-order valence-electron chi connectivity index (χ4n) is 3.45. The lowest BCUT2D eigenvalue weighted by atomic mass is 10.1. The third kappa shape index (κ3) is 3.37. The van der Waals surface area contributed by atoms with E-state index in [1.807, 2.05) is 62.4 Å². The van der Waals surface area contributed by atoms with Gasteiger partial charge < -0.3 is 4.90 Å². The molecule has 7 heteroatoms. The van der Waals surface area contributed by atoms with Crippen molar-refractivity contribution in [1.82, 2.24) is 9.13 Å². The number of hydrogen-bond donors (Lipinski definition) is 0. The number of fused-ring (bicyclic) bond motifs is 1. The minimum Gasteiger partial charge on any atom is -0.314 e. The Morgan fingerprint density at radius 1 is 1.03 bits per heavy atom. The summed E-state index contributed by atoms with van der Waals surface area (Å²) in [5.41, 5.74) is 2.63. The van der Waals surface area contributed by atoms with E-state index in [1.165, 1.54) is 25.4 Å². The fraction of sp³-hybridized carbons (Fsp3) is 0.174. The van der Waals surface area contributed by atoms with Crippen LogP contribution in [0, 0.1) is 13.8 Å². The third-order valence-electron chi connectivity index (χ3n) is 5.17. The molecule has 0 fully saturated rings. The van der Waals surface area contributed by atoms with Crippen molar-refractivity contribution >= 4 is 33.1 Å². The SMILES string of the molecule is Cc1ccc(C)c(-n2c(=O)c3sccc3n(CC(=O)N(C)c3ccccc3)c2=O)c1. The quantitative estimate of drug-likeness (QED) is 0.509. The number of rotatable bonds is 4. The normalized spacial score (nSPS) is 11.0. The van der Waals surface area contributed by atoms with Gasteiger partial charge >= 0.3 is 5.69 Å². The molecule has 2 aromatic carbocycles. The molecule has 1 amide bonds. The fourth-order valence-corrected chi connectivity index (χ4v) is 4.27. The summed E-state index contributed by atoms with van der Waals surface area (Å²) in [5.74, 6) is -0.248. The average Bonchev–Trinajstić information content (AvgIpc) is 3.24. The predicted octanol–water partition coefficient (Wildman–Crippen LogP) is 3.49. The lowest BCUT2D eigenvalue weighted by molar-refractivity contribution is -0.118. The molecule has 0 saturated heterocycles. The molecular weight excluding hydrogens is 398 g/mol. The number of carbonyl (C=O) groups excluding carboxylic acids is 1. The molecular formula is C23H21N3O3S. The molecule has 2 heterocycles. The van der Waals surface area contributed by atoms with Crippen molar-refractivity contribution < 1.29 is 4.79 Å². The summed E-state index contributed by atoms with van der Waals surface area (Å²) in [5, 5.41) is 1.76. The van der Waals surface area contributed by atoms with Gasteiger partial charge in [0.15, 0.2) is 0 Å². The number of aromatic nitrogens is 2. The zero-order valence-electron chi connectivity index (χ0n) is 17.0. The van der Waals surface area contributed by atoms with Gasteiger partial charge in [-0.2, -0.15) is 0 Å². The Bertz CT molecular complexity index is 1370. The molecule has 0 aliphatic rings. The molecule has 2 aromatic heterocycles. The minimum atomic E-state index is -0.519. The first-order valence-corrected chi connectivity index (χ1v) is 10.4. The maximum absolute atomic E-state index is 13.4. The summed E-state index contributed by atoms with van der Waals surface area (Å²) < 4.78 is 3.01. The zero-order valence-corrected chi connectivity index (χ0v) is 17.8. The highest BCUT2D eigenvalue weighted by Crippen LogP contribution is 2.19. The van der Waals surface area contributed by atoms with E-state index in [-0.39, 0.29) is 18.0 Å². The molecule has 0 N–H and O–H groups in total. The molecule has 4 rings (SSSR count). The topological polar surface area (TPSA) is 64.3 Å². The van der Waals surface area contributed by atoms with E-state index in [9.17, 15) is 14.4 Å². The number of thiophene rings is 1. The second kappa shape index (κ2) is 7.76.